The van der Waals surface area contributed by atoms with Crippen LogP contribution in [-0.2, 0) is 6.42 Å². The maximum atomic E-state index is 12.6. The molecule has 6 nitrogen and oxygen atoms in total. The zero-order valence-corrected chi connectivity index (χ0v) is 16.0. The van der Waals surface area contributed by atoms with Crippen molar-refractivity contribution >= 4 is 16.8 Å². The van der Waals surface area contributed by atoms with Gasteiger partial charge < -0.3 is 24.5 Å². The number of hydrogen-bond acceptors (Lipinski definition) is 4. The molecule has 6 heteroatoms. The molecule has 0 bridgehead atoms. The van der Waals surface area contributed by atoms with E-state index in [1.807, 2.05) is 12.1 Å². The van der Waals surface area contributed by atoms with Crippen LogP contribution >= 0.6 is 0 Å². The molecular formula is C21H24N2O4. The molecule has 0 aliphatic carbocycles. The van der Waals surface area contributed by atoms with Crippen molar-refractivity contribution in [3.05, 3.63) is 53.2 Å². The van der Waals surface area contributed by atoms with Crippen LogP contribution in [0.4, 0.5) is 0 Å². The van der Waals surface area contributed by atoms with Crippen LogP contribution in [0.15, 0.2) is 36.4 Å². The van der Waals surface area contributed by atoms with Gasteiger partial charge >= 0.3 is 0 Å². The van der Waals surface area contributed by atoms with Crippen molar-refractivity contribution in [1.82, 2.24) is 10.3 Å². The number of aromatic amines is 1. The Balaban J connectivity index is 1.82. The van der Waals surface area contributed by atoms with E-state index in [0.717, 1.165) is 11.8 Å². The third-order valence-electron chi connectivity index (χ3n) is 4.63. The quantitative estimate of drug-likeness (QED) is 0.670. The highest BCUT2D eigenvalue weighted by atomic mass is 16.5. The van der Waals surface area contributed by atoms with Crippen LogP contribution < -0.4 is 19.5 Å². The summed E-state index contributed by atoms with van der Waals surface area (Å²) in [5, 5.41) is 3.72. The number of methoxy groups -OCH3 is 3. The molecule has 3 aromatic rings. The summed E-state index contributed by atoms with van der Waals surface area (Å²) in [4.78, 5) is 15.7. The van der Waals surface area contributed by atoms with Gasteiger partial charge in [-0.2, -0.15) is 0 Å². The molecule has 0 saturated carbocycles. The molecule has 0 fully saturated rings. The SMILES string of the molecule is COc1cc(OC)c2cc(C(=O)NCCc3ccccc3C)[nH]c2c1OC. The monoisotopic (exact) mass is 368 g/mol. The molecule has 1 heterocycles. The number of carbonyl (C=O) groups excluding carboxylic acids is 1. The molecule has 27 heavy (non-hydrogen) atoms. The molecule has 142 valence electrons. The van der Waals surface area contributed by atoms with Crippen LogP contribution in [0.1, 0.15) is 21.6 Å². The van der Waals surface area contributed by atoms with E-state index in [1.165, 1.54) is 11.1 Å². The molecule has 0 radical (unpaired) electrons. The maximum Gasteiger partial charge on any atom is 0.267 e. The van der Waals surface area contributed by atoms with Crippen molar-refractivity contribution in [1.29, 1.82) is 0 Å². The third-order valence-corrected chi connectivity index (χ3v) is 4.63. The average molecular weight is 368 g/mol. The minimum Gasteiger partial charge on any atom is -0.496 e. The Morgan fingerprint density at radius 1 is 1.04 bits per heavy atom. The number of aryl methyl sites for hydroxylation is 1. The predicted octanol–water partition coefficient (Wildman–Crippen LogP) is 3.47. The predicted molar refractivity (Wildman–Crippen MR) is 105 cm³/mol. The van der Waals surface area contributed by atoms with Crippen molar-refractivity contribution in [2.75, 3.05) is 27.9 Å². The lowest BCUT2D eigenvalue weighted by Gasteiger charge is -2.11. The molecule has 0 aliphatic rings. The normalized spacial score (nSPS) is 10.7. The van der Waals surface area contributed by atoms with Gasteiger partial charge in [-0.1, -0.05) is 24.3 Å². The van der Waals surface area contributed by atoms with Gasteiger partial charge in [-0.25, -0.2) is 0 Å². The van der Waals surface area contributed by atoms with Crippen LogP contribution in [0, 0.1) is 6.92 Å². The van der Waals surface area contributed by atoms with E-state index in [4.69, 9.17) is 14.2 Å². The standard InChI is InChI=1S/C21H24N2O4/c1-13-7-5-6-8-14(13)9-10-22-21(24)16-11-15-17(25-2)12-18(26-3)20(27-4)19(15)23-16/h5-8,11-12,23H,9-10H2,1-4H3,(H,22,24). The maximum absolute atomic E-state index is 12.6. The van der Waals surface area contributed by atoms with Crippen molar-refractivity contribution in [3.63, 3.8) is 0 Å². The summed E-state index contributed by atoms with van der Waals surface area (Å²) >= 11 is 0. The van der Waals surface area contributed by atoms with Gasteiger partial charge in [0.2, 0.25) is 0 Å². The second-order valence-electron chi connectivity index (χ2n) is 6.22. The number of ether oxygens (including phenoxy) is 3. The summed E-state index contributed by atoms with van der Waals surface area (Å²) in [6.45, 7) is 2.62. The van der Waals surface area contributed by atoms with Gasteiger partial charge in [0, 0.05) is 18.0 Å². The molecule has 3 rings (SSSR count). The molecule has 0 spiro atoms. The van der Waals surface area contributed by atoms with Crippen molar-refractivity contribution in [2.45, 2.75) is 13.3 Å². The fourth-order valence-electron chi connectivity index (χ4n) is 3.16. The van der Waals surface area contributed by atoms with E-state index < -0.39 is 0 Å². The van der Waals surface area contributed by atoms with E-state index in [-0.39, 0.29) is 5.91 Å². The largest absolute Gasteiger partial charge is 0.496 e. The van der Waals surface area contributed by atoms with Crippen molar-refractivity contribution < 1.29 is 19.0 Å². The number of amides is 1. The number of H-pyrrole nitrogens is 1. The molecule has 0 atom stereocenters. The number of nitrogens with one attached hydrogen (secondary N) is 2. The zero-order chi connectivity index (χ0) is 19.4. The molecule has 1 amide bonds. The Kier molecular flexibility index (Phi) is 5.54. The summed E-state index contributed by atoms with van der Waals surface area (Å²) in [5.41, 5.74) is 3.55. The van der Waals surface area contributed by atoms with Crippen LogP contribution in [-0.4, -0.2) is 38.8 Å². The molecule has 2 aromatic carbocycles. The lowest BCUT2D eigenvalue weighted by atomic mass is 10.1. The molecule has 0 aliphatic heterocycles. The van der Waals surface area contributed by atoms with Gasteiger partial charge in [-0.3, -0.25) is 4.79 Å². The van der Waals surface area contributed by atoms with Gasteiger partial charge in [-0.05, 0) is 30.5 Å². The van der Waals surface area contributed by atoms with E-state index in [9.17, 15) is 4.79 Å². The Bertz CT molecular complexity index is 962. The fraction of sp³-hybridized carbons (Fsp3) is 0.286. The fourth-order valence-corrected chi connectivity index (χ4v) is 3.16. The number of fused-ring (bicyclic) bond motifs is 1. The summed E-state index contributed by atoms with van der Waals surface area (Å²) in [6, 6.07) is 11.7. The van der Waals surface area contributed by atoms with E-state index >= 15 is 0 Å². The summed E-state index contributed by atoms with van der Waals surface area (Å²) < 4.78 is 16.2. The van der Waals surface area contributed by atoms with Crippen LogP contribution in [0.25, 0.3) is 10.9 Å². The first-order chi connectivity index (χ1) is 13.1. The van der Waals surface area contributed by atoms with Gasteiger partial charge in [0.15, 0.2) is 11.5 Å². The second-order valence-corrected chi connectivity index (χ2v) is 6.22. The lowest BCUT2D eigenvalue weighted by molar-refractivity contribution is 0.0950. The topological polar surface area (TPSA) is 72.6 Å². The van der Waals surface area contributed by atoms with E-state index in [2.05, 4.69) is 29.4 Å². The lowest BCUT2D eigenvalue weighted by Crippen LogP contribution is -2.26. The average Bonchev–Trinajstić information content (AvgIpc) is 3.13. The molecule has 2 N–H and O–H groups in total. The highest BCUT2D eigenvalue weighted by Crippen LogP contribution is 2.41. The Labute approximate surface area is 158 Å². The number of hydrogen-bond donors (Lipinski definition) is 2. The van der Waals surface area contributed by atoms with Gasteiger partial charge in [-0.15, -0.1) is 0 Å². The number of benzene rings is 2. The minimum absolute atomic E-state index is 0.178. The number of rotatable bonds is 7. The van der Waals surface area contributed by atoms with Crippen LogP contribution in [0.3, 0.4) is 0 Å². The third kappa shape index (κ3) is 3.69. The number of aromatic nitrogens is 1. The first kappa shape index (κ1) is 18.6. The van der Waals surface area contributed by atoms with Crippen LogP contribution in [0.5, 0.6) is 17.2 Å². The van der Waals surface area contributed by atoms with Gasteiger partial charge in [0.25, 0.3) is 5.91 Å². The van der Waals surface area contributed by atoms with E-state index in [0.29, 0.717) is 35.0 Å². The smallest absolute Gasteiger partial charge is 0.267 e. The van der Waals surface area contributed by atoms with Crippen molar-refractivity contribution in [3.8, 4) is 17.2 Å². The molecule has 0 unspecified atom stereocenters. The highest BCUT2D eigenvalue weighted by molar-refractivity contribution is 6.02. The first-order valence-electron chi connectivity index (χ1n) is 8.73. The highest BCUT2D eigenvalue weighted by Gasteiger charge is 2.19. The zero-order valence-electron chi connectivity index (χ0n) is 16.0. The minimum atomic E-state index is -0.178. The van der Waals surface area contributed by atoms with Gasteiger partial charge in [0.05, 0.1) is 26.8 Å². The molecule has 1 aromatic heterocycles. The molecule has 0 saturated heterocycles. The molecular weight excluding hydrogens is 344 g/mol. The number of carbonyl (C=O) groups is 1. The Hall–Kier alpha value is -3.15. The Morgan fingerprint density at radius 3 is 2.44 bits per heavy atom. The Morgan fingerprint density at radius 2 is 1.78 bits per heavy atom. The van der Waals surface area contributed by atoms with Crippen LogP contribution in [0.2, 0.25) is 0 Å². The first-order valence-corrected chi connectivity index (χ1v) is 8.73. The van der Waals surface area contributed by atoms with Crippen molar-refractivity contribution in [2.24, 2.45) is 0 Å². The summed E-state index contributed by atoms with van der Waals surface area (Å²) in [7, 11) is 4.70. The van der Waals surface area contributed by atoms with Gasteiger partial charge in [0.1, 0.15) is 11.4 Å². The summed E-state index contributed by atoms with van der Waals surface area (Å²) in [6.07, 6.45) is 0.777. The second kappa shape index (κ2) is 8.03. The van der Waals surface area contributed by atoms with E-state index in [1.54, 1.807) is 33.5 Å². The summed E-state index contributed by atoms with van der Waals surface area (Å²) in [5.74, 6) is 1.50.